The van der Waals surface area contributed by atoms with Crippen LogP contribution in [0.25, 0.3) is 0 Å². The normalized spacial score (nSPS) is 24.7. The molecule has 4 aromatic carbocycles. The lowest BCUT2D eigenvalue weighted by Crippen LogP contribution is -2.58. The summed E-state index contributed by atoms with van der Waals surface area (Å²) in [6.45, 7) is 4.11. The maximum Gasteiger partial charge on any atom is 0.329 e. The summed E-state index contributed by atoms with van der Waals surface area (Å²) in [5.41, 5.74) is 0.835. The summed E-state index contributed by atoms with van der Waals surface area (Å²) >= 11 is 0. The lowest BCUT2D eigenvalue weighted by Gasteiger charge is -2.46. The van der Waals surface area contributed by atoms with Gasteiger partial charge in [-0.3, -0.25) is 19.3 Å². The van der Waals surface area contributed by atoms with E-state index in [1.165, 1.54) is 19.2 Å². The fourth-order valence-electron chi connectivity index (χ4n) is 10.3. The Kier molecular flexibility index (Phi) is 12.9. The number of likely N-dealkylation sites (tertiary alicyclic amines) is 1. The van der Waals surface area contributed by atoms with Gasteiger partial charge in [-0.1, -0.05) is 118 Å². The van der Waals surface area contributed by atoms with Crippen LogP contribution in [-0.2, 0) is 34.1 Å². The number of urea groups is 1. The molecule has 7 unspecified atom stereocenters. The number of aliphatic hydroxyl groups is 1. The van der Waals surface area contributed by atoms with E-state index in [1.54, 1.807) is 49.1 Å². The smallest absolute Gasteiger partial charge is 0.329 e. The number of imide groups is 1. The van der Waals surface area contributed by atoms with Gasteiger partial charge in [0, 0.05) is 25.1 Å². The second-order valence-corrected chi connectivity index (χ2v) is 17.3. The highest BCUT2D eigenvalue weighted by Gasteiger charge is 2.76. The van der Waals surface area contributed by atoms with Crippen LogP contribution < -0.4 is 10.2 Å². The number of rotatable bonds is 8. The zero-order valence-corrected chi connectivity index (χ0v) is 36.3. The van der Waals surface area contributed by atoms with Crippen molar-refractivity contribution in [3.63, 3.8) is 0 Å². The number of phenolic OH excluding ortho intramolecular Hbond substituents is 1. The van der Waals surface area contributed by atoms with E-state index in [0.29, 0.717) is 29.8 Å². The van der Waals surface area contributed by atoms with Crippen LogP contribution >= 0.6 is 0 Å². The van der Waals surface area contributed by atoms with Gasteiger partial charge in [-0.25, -0.2) is 14.5 Å². The summed E-state index contributed by atoms with van der Waals surface area (Å²) in [6.07, 6.45) is 3.56. The van der Waals surface area contributed by atoms with E-state index in [4.69, 9.17) is 9.47 Å². The number of anilines is 1. The Balaban J connectivity index is 1.46. The number of fused-ring (bicyclic) bond motifs is 3. The third-order valence-electron chi connectivity index (χ3n) is 13.2. The molecule has 0 aliphatic carbocycles. The maximum atomic E-state index is 16.5. The number of nitrogens with one attached hydrogen (secondary N) is 1. The zero-order valence-electron chi connectivity index (χ0n) is 36.3. The van der Waals surface area contributed by atoms with E-state index in [9.17, 15) is 19.8 Å². The lowest BCUT2D eigenvalue weighted by atomic mass is 9.64. The molecule has 3 N–H and O–H groups in total. The largest absolute Gasteiger partial charge is 0.508 e. The Morgan fingerprint density at radius 2 is 1.48 bits per heavy atom. The van der Waals surface area contributed by atoms with Gasteiger partial charge in [0.05, 0.1) is 37.4 Å². The first-order valence-electron chi connectivity index (χ1n) is 22.2. The predicted molar refractivity (Wildman–Crippen MR) is 237 cm³/mol. The van der Waals surface area contributed by atoms with Crippen LogP contribution in [0.4, 0.5) is 10.5 Å². The highest BCUT2D eigenvalue weighted by Crippen LogP contribution is 2.66. The van der Waals surface area contributed by atoms with Crippen molar-refractivity contribution in [1.82, 2.24) is 15.1 Å². The van der Waals surface area contributed by atoms with Crippen molar-refractivity contribution >= 4 is 35.5 Å². The monoisotopic (exact) mass is 866 g/mol. The number of phenols is 1. The summed E-state index contributed by atoms with van der Waals surface area (Å²) < 4.78 is 11.6. The molecule has 4 aliphatic rings. The van der Waals surface area contributed by atoms with E-state index in [1.807, 2.05) is 65.6 Å². The van der Waals surface area contributed by atoms with Gasteiger partial charge in [0.2, 0.25) is 11.8 Å². The van der Waals surface area contributed by atoms with Crippen molar-refractivity contribution in [1.29, 1.82) is 0 Å². The molecule has 4 heterocycles. The number of amides is 4. The molecule has 8 rings (SSSR count). The molecular weight excluding hydrogens is 813 g/mol. The van der Waals surface area contributed by atoms with Gasteiger partial charge >= 0.3 is 18.0 Å². The van der Waals surface area contributed by atoms with E-state index in [-0.39, 0.29) is 30.0 Å². The number of cyclic esters (lactones) is 1. The van der Waals surface area contributed by atoms with Gasteiger partial charge in [0.25, 0.3) is 0 Å². The quantitative estimate of drug-likeness (QED) is 0.132. The minimum absolute atomic E-state index is 0.0384. The Morgan fingerprint density at radius 3 is 2.11 bits per heavy atom. The minimum atomic E-state index is -2.02. The first-order chi connectivity index (χ1) is 31.0. The lowest BCUT2D eigenvalue weighted by molar-refractivity contribution is -0.179. The van der Waals surface area contributed by atoms with Crippen LogP contribution in [0.15, 0.2) is 103 Å². The SMILES string of the molecule is COC(=O)C(NC(=O)N1C(=O)C2(c3cc(C#CCCO)ccc31)C(C(=O)N1CCCCCCC1)C1C(=O)OC(c3ccccc3)C(c3ccccc3)N1C2c1ccc(O)cc1)C(C)C. The molecule has 0 aromatic heterocycles. The average molecular weight is 867 g/mol. The highest BCUT2D eigenvalue weighted by molar-refractivity contribution is 6.25. The van der Waals surface area contributed by atoms with Gasteiger partial charge in [-0.05, 0) is 71.3 Å². The number of morpholine rings is 1. The number of hydrogen-bond donors (Lipinski definition) is 3. The van der Waals surface area contributed by atoms with Gasteiger partial charge in [0.1, 0.15) is 29.4 Å². The fraction of sp³-hybridized carbons (Fsp3) is 0.392. The van der Waals surface area contributed by atoms with E-state index >= 15 is 14.4 Å². The molecule has 7 atom stereocenters. The predicted octanol–water partition coefficient (Wildman–Crippen LogP) is 6.49. The molecule has 3 fully saturated rings. The molecule has 64 heavy (non-hydrogen) atoms. The molecule has 13 heteroatoms. The van der Waals surface area contributed by atoms with Crippen molar-refractivity contribution in [2.24, 2.45) is 11.8 Å². The van der Waals surface area contributed by atoms with Crippen LogP contribution in [0.5, 0.6) is 5.75 Å². The summed E-state index contributed by atoms with van der Waals surface area (Å²) in [5, 5.41) is 23.1. The molecule has 3 saturated heterocycles. The summed E-state index contributed by atoms with van der Waals surface area (Å²) in [4.78, 5) is 80.6. The molecular formula is C51H54N4O9. The Hall–Kier alpha value is -6.49. The molecule has 1 spiro atoms. The Labute approximate surface area is 373 Å². The number of methoxy groups -OCH3 is 1. The summed E-state index contributed by atoms with van der Waals surface area (Å²) in [7, 11) is 1.22. The minimum Gasteiger partial charge on any atom is -0.508 e. The second kappa shape index (κ2) is 18.7. The second-order valence-electron chi connectivity index (χ2n) is 17.3. The molecule has 0 saturated carbocycles. The number of hydrogen-bond acceptors (Lipinski definition) is 10. The highest BCUT2D eigenvalue weighted by atomic mass is 16.6. The maximum absolute atomic E-state index is 16.5. The molecule has 4 aromatic rings. The van der Waals surface area contributed by atoms with Crippen molar-refractivity contribution in [2.45, 2.75) is 88.1 Å². The first kappa shape index (κ1) is 44.1. The standard InChI is InChI=1S/C51H54N4O9/c1-32(2)41(47(59)63-3)52-50(62)54-39-27-22-33(17-13-16-30-56)31-38(39)51(49(54)61)40(46(58)53-28-14-5-4-6-15-29-53)43-48(60)64-44(35-20-11-8-12-21-35)42(34-18-9-7-10-19-34)55(43)45(51)36-23-25-37(57)26-24-36/h7-12,18-27,31-32,40-45,56-57H,4-6,14-16,28-30H2,1-3H3,(H,52,62). The number of ether oxygens (including phenoxy) is 2. The van der Waals surface area contributed by atoms with Crippen LogP contribution in [0, 0.1) is 23.7 Å². The third-order valence-corrected chi connectivity index (χ3v) is 13.2. The summed E-state index contributed by atoms with van der Waals surface area (Å²) in [5.74, 6) is 1.53. The van der Waals surface area contributed by atoms with E-state index in [2.05, 4.69) is 17.2 Å². The molecule has 0 radical (unpaired) electrons. The van der Waals surface area contributed by atoms with Crippen molar-refractivity contribution in [3.05, 3.63) is 131 Å². The number of carbonyl (C=O) groups is 5. The van der Waals surface area contributed by atoms with Gasteiger partial charge < -0.3 is 29.9 Å². The third kappa shape index (κ3) is 7.79. The average Bonchev–Trinajstić information content (AvgIpc) is 3.74. The van der Waals surface area contributed by atoms with Crippen molar-refractivity contribution in [2.75, 3.05) is 31.7 Å². The van der Waals surface area contributed by atoms with Crippen LogP contribution in [0.2, 0.25) is 0 Å². The van der Waals surface area contributed by atoms with E-state index < -0.39 is 77.3 Å². The van der Waals surface area contributed by atoms with Crippen LogP contribution in [-0.4, -0.2) is 88.7 Å². The number of carbonyl (C=O) groups excluding carboxylic acids is 5. The number of nitrogens with zero attached hydrogens (tertiary/aromatic N) is 3. The van der Waals surface area contributed by atoms with Crippen LogP contribution in [0.1, 0.15) is 98.4 Å². The number of benzene rings is 4. The molecule has 4 amide bonds. The van der Waals surface area contributed by atoms with E-state index in [0.717, 1.165) is 42.6 Å². The summed E-state index contributed by atoms with van der Waals surface area (Å²) in [6, 6.07) is 24.9. The number of aliphatic hydroxyl groups excluding tert-OH is 1. The molecule has 332 valence electrons. The van der Waals surface area contributed by atoms with Gasteiger partial charge in [0.15, 0.2) is 0 Å². The zero-order chi connectivity index (χ0) is 45.1. The Morgan fingerprint density at radius 1 is 0.844 bits per heavy atom. The van der Waals surface area contributed by atoms with Gasteiger partial charge in [-0.15, -0.1) is 0 Å². The Bertz CT molecular complexity index is 2440. The first-order valence-corrected chi connectivity index (χ1v) is 22.2. The van der Waals surface area contributed by atoms with Crippen molar-refractivity contribution < 1.29 is 43.7 Å². The fourth-order valence-corrected chi connectivity index (χ4v) is 10.3. The van der Waals surface area contributed by atoms with Crippen molar-refractivity contribution in [3.8, 4) is 17.6 Å². The number of esters is 2. The van der Waals surface area contributed by atoms with Crippen LogP contribution in [0.3, 0.4) is 0 Å². The molecule has 4 aliphatic heterocycles. The molecule has 13 nitrogen and oxygen atoms in total. The number of aromatic hydroxyl groups is 1. The molecule has 0 bridgehead atoms. The van der Waals surface area contributed by atoms with Gasteiger partial charge in [-0.2, -0.15) is 0 Å². The topological polar surface area (TPSA) is 166 Å².